The molecule has 2 N–H and O–H groups in total. The van der Waals surface area contributed by atoms with Crippen molar-refractivity contribution in [2.45, 2.75) is 44.8 Å². The Labute approximate surface area is 166 Å². The lowest BCUT2D eigenvalue weighted by Crippen LogP contribution is -2.64. The van der Waals surface area contributed by atoms with Crippen LogP contribution in [0.1, 0.15) is 39.2 Å². The normalized spacial score (nSPS) is 26.2. The maximum absolute atomic E-state index is 12.7. The molecule has 0 saturated carbocycles. The predicted octanol–water partition coefficient (Wildman–Crippen LogP) is 2.84. The van der Waals surface area contributed by atoms with E-state index in [1.165, 1.54) is 0 Å². The van der Waals surface area contributed by atoms with Crippen LogP contribution < -0.4 is 10.1 Å². The first-order valence-corrected chi connectivity index (χ1v) is 9.77. The van der Waals surface area contributed by atoms with E-state index in [0.29, 0.717) is 17.9 Å². The lowest BCUT2D eigenvalue weighted by atomic mass is 9.66. The summed E-state index contributed by atoms with van der Waals surface area (Å²) in [6, 6.07) is 6.90. The van der Waals surface area contributed by atoms with E-state index in [1.807, 2.05) is 0 Å². The molecular formula is C21H30N2O5. The van der Waals surface area contributed by atoms with Crippen molar-refractivity contribution < 1.29 is 24.2 Å². The number of fused-ring (bicyclic) bond motifs is 3. The van der Waals surface area contributed by atoms with Gasteiger partial charge >= 0.3 is 12.1 Å². The number of carbonyl (C=O) groups excluding carboxylic acids is 1. The minimum absolute atomic E-state index is 0.234. The van der Waals surface area contributed by atoms with Gasteiger partial charge in [0.2, 0.25) is 0 Å². The largest absolute Gasteiger partial charge is 0.497 e. The average Bonchev–Trinajstić information content (AvgIpc) is 2.65. The molecule has 7 nitrogen and oxygen atoms in total. The highest BCUT2D eigenvalue weighted by Crippen LogP contribution is 2.44. The number of piperidine rings is 3. The summed E-state index contributed by atoms with van der Waals surface area (Å²) in [5, 5.41) is 13.2. The molecule has 3 aliphatic rings. The number of amides is 1. The summed E-state index contributed by atoms with van der Waals surface area (Å²) in [5.74, 6) is -0.442. The third-order valence-electron chi connectivity index (χ3n) is 5.79. The molecule has 4 rings (SSSR count). The number of hydrogen-bond acceptors (Lipinski definition) is 5. The Morgan fingerprint density at radius 1 is 1.14 bits per heavy atom. The summed E-state index contributed by atoms with van der Waals surface area (Å²) >= 11 is 0. The van der Waals surface area contributed by atoms with Gasteiger partial charge in [0.25, 0.3) is 0 Å². The minimum Gasteiger partial charge on any atom is -0.497 e. The molecule has 2 bridgehead atoms. The van der Waals surface area contributed by atoms with Gasteiger partial charge in [0.1, 0.15) is 11.4 Å². The topological polar surface area (TPSA) is 88.1 Å². The number of carboxylic acids is 1. The fourth-order valence-corrected chi connectivity index (χ4v) is 4.49. The molecular weight excluding hydrogens is 360 g/mol. The first-order chi connectivity index (χ1) is 13.2. The number of hydrogen-bond donors (Lipinski definition) is 2. The lowest BCUT2D eigenvalue weighted by molar-refractivity contribution is -0.152. The van der Waals surface area contributed by atoms with Gasteiger partial charge in [0.05, 0.1) is 7.11 Å². The third-order valence-corrected chi connectivity index (χ3v) is 5.79. The Morgan fingerprint density at radius 3 is 2.18 bits per heavy atom. The van der Waals surface area contributed by atoms with Crippen molar-refractivity contribution in [3.8, 4) is 5.75 Å². The van der Waals surface area contributed by atoms with E-state index in [0.717, 1.165) is 25.9 Å². The van der Waals surface area contributed by atoms with Crippen LogP contribution in [0, 0.1) is 11.8 Å². The molecule has 7 heteroatoms. The molecule has 3 saturated heterocycles. The van der Waals surface area contributed by atoms with Gasteiger partial charge in [0.15, 0.2) is 5.54 Å². The molecule has 3 fully saturated rings. The molecule has 28 heavy (non-hydrogen) atoms. The van der Waals surface area contributed by atoms with Crippen molar-refractivity contribution in [1.82, 2.24) is 10.2 Å². The second kappa shape index (κ2) is 7.62. The van der Waals surface area contributed by atoms with E-state index >= 15 is 0 Å². The zero-order valence-electron chi connectivity index (χ0n) is 17.0. The fourth-order valence-electron chi connectivity index (χ4n) is 4.49. The second-order valence-electron chi connectivity index (χ2n) is 8.71. The van der Waals surface area contributed by atoms with Gasteiger partial charge in [-0.05, 0) is 70.3 Å². The molecule has 3 heterocycles. The number of benzene rings is 1. The van der Waals surface area contributed by atoms with Crippen molar-refractivity contribution in [2.24, 2.45) is 11.8 Å². The molecule has 0 aromatic heterocycles. The fraction of sp³-hybridized carbons (Fsp3) is 0.619. The molecule has 1 aromatic carbocycles. The van der Waals surface area contributed by atoms with Crippen LogP contribution in [0.4, 0.5) is 4.79 Å². The monoisotopic (exact) mass is 390 g/mol. The van der Waals surface area contributed by atoms with Crippen LogP contribution in [0.25, 0.3) is 0 Å². The van der Waals surface area contributed by atoms with Crippen molar-refractivity contribution in [3.63, 3.8) is 0 Å². The van der Waals surface area contributed by atoms with E-state index < -0.39 is 23.2 Å². The van der Waals surface area contributed by atoms with Gasteiger partial charge < -0.3 is 24.8 Å². The van der Waals surface area contributed by atoms with Crippen molar-refractivity contribution in [1.29, 1.82) is 0 Å². The highest BCUT2D eigenvalue weighted by atomic mass is 16.6. The van der Waals surface area contributed by atoms with Gasteiger partial charge in [-0.15, -0.1) is 0 Å². The molecule has 0 aliphatic carbocycles. The van der Waals surface area contributed by atoms with Crippen molar-refractivity contribution in [3.05, 3.63) is 29.8 Å². The van der Waals surface area contributed by atoms with Crippen LogP contribution in [-0.2, 0) is 15.1 Å². The van der Waals surface area contributed by atoms with E-state index in [-0.39, 0.29) is 11.8 Å². The average molecular weight is 390 g/mol. The van der Waals surface area contributed by atoms with E-state index in [1.54, 1.807) is 52.1 Å². The van der Waals surface area contributed by atoms with Crippen LogP contribution in [0.15, 0.2) is 24.3 Å². The highest BCUT2D eigenvalue weighted by molar-refractivity contribution is 5.86. The maximum atomic E-state index is 12.7. The zero-order chi connectivity index (χ0) is 20.5. The molecule has 1 aromatic rings. The highest BCUT2D eigenvalue weighted by Gasteiger charge is 2.55. The molecule has 1 amide bonds. The van der Waals surface area contributed by atoms with Gasteiger partial charge in [-0.3, -0.25) is 0 Å². The molecule has 3 aliphatic heterocycles. The van der Waals surface area contributed by atoms with Gasteiger partial charge in [-0.2, -0.15) is 0 Å². The Bertz CT molecular complexity index is 719. The number of nitrogens with one attached hydrogen (secondary N) is 1. The number of rotatable bonds is 5. The minimum atomic E-state index is -1.56. The van der Waals surface area contributed by atoms with E-state index in [4.69, 9.17) is 9.47 Å². The number of carboxylic acid groups (broad SMARTS) is 1. The molecule has 1 unspecified atom stereocenters. The first-order valence-electron chi connectivity index (χ1n) is 9.77. The third kappa shape index (κ3) is 3.94. The summed E-state index contributed by atoms with van der Waals surface area (Å²) in [4.78, 5) is 27.7. The standard InChI is InChI=1S/C21H30N2O5/c1-20(2,3)28-19(26)22-21(18(24)25,15-5-7-16(27-4)8-6-15)17-13-23-11-9-14(17)10-12-23/h5-8,14,17H,9-13H2,1-4H3,(H,22,26)(H,24,25)/t17?,21-/m0/s1. The van der Waals surface area contributed by atoms with Gasteiger partial charge in [-0.1, -0.05) is 12.1 Å². The number of methoxy groups -OCH3 is 1. The Hall–Kier alpha value is -2.28. The Balaban J connectivity index is 2.04. The summed E-state index contributed by atoms with van der Waals surface area (Å²) in [6.45, 7) is 7.88. The molecule has 2 atom stereocenters. The number of aliphatic carboxylic acids is 1. The van der Waals surface area contributed by atoms with E-state index in [9.17, 15) is 14.7 Å². The number of nitrogens with zero attached hydrogens (tertiary/aromatic N) is 1. The van der Waals surface area contributed by atoms with Crippen LogP contribution >= 0.6 is 0 Å². The van der Waals surface area contributed by atoms with Crippen LogP contribution in [0.3, 0.4) is 0 Å². The quantitative estimate of drug-likeness (QED) is 0.804. The number of alkyl carbamates (subject to hydrolysis) is 1. The Morgan fingerprint density at radius 2 is 1.75 bits per heavy atom. The molecule has 154 valence electrons. The van der Waals surface area contributed by atoms with Crippen LogP contribution in [0.5, 0.6) is 5.75 Å². The number of ether oxygens (including phenoxy) is 2. The summed E-state index contributed by atoms with van der Waals surface area (Å²) in [5.41, 5.74) is -1.74. The SMILES string of the molecule is COc1ccc([C@@](NC(=O)OC(C)(C)C)(C(=O)O)C2CN3CCC2CC3)cc1. The van der Waals surface area contributed by atoms with Crippen LogP contribution in [-0.4, -0.2) is 54.4 Å². The van der Waals surface area contributed by atoms with Crippen LogP contribution in [0.2, 0.25) is 0 Å². The lowest BCUT2D eigenvalue weighted by Gasteiger charge is -2.51. The van der Waals surface area contributed by atoms with E-state index in [2.05, 4.69) is 10.2 Å². The number of carbonyl (C=O) groups is 2. The first kappa shape index (κ1) is 20.5. The molecule has 0 spiro atoms. The Kier molecular flexibility index (Phi) is 5.57. The zero-order valence-corrected chi connectivity index (χ0v) is 17.0. The van der Waals surface area contributed by atoms with Gasteiger partial charge in [0, 0.05) is 12.5 Å². The molecule has 0 radical (unpaired) electrons. The van der Waals surface area contributed by atoms with Crippen molar-refractivity contribution in [2.75, 3.05) is 26.7 Å². The smallest absolute Gasteiger partial charge is 0.408 e. The second-order valence-corrected chi connectivity index (χ2v) is 8.71. The summed E-state index contributed by atoms with van der Waals surface area (Å²) in [7, 11) is 1.56. The summed E-state index contributed by atoms with van der Waals surface area (Å²) < 4.78 is 10.6. The van der Waals surface area contributed by atoms with Crippen molar-refractivity contribution >= 4 is 12.1 Å². The van der Waals surface area contributed by atoms with Gasteiger partial charge in [-0.25, -0.2) is 9.59 Å². The predicted molar refractivity (Wildman–Crippen MR) is 104 cm³/mol. The maximum Gasteiger partial charge on any atom is 0.408 e. The summed E-state index contributed by atoms with van der Waals surface area (Å²) in [6.07, 6.45) is 1.15.